The average Bonchev–Trinajstić information content (AvgIpc) is 3.19. The minimum absolute atomic E-state index is 0.0568. The Labute approximate surface area is 164 Å². The first-order valence-corrected chi connectivity index (χ1v) is 9.90. The van der Waals surface area contributed by atoms with E-state index < -0.39 is 26.7 Å². The van der Waals surface area contributed by atoms with Gasteiger partial charge in [-0.1, -0.05) is 6.07 Å². The minimum Gasteiger partial charge on any atom is -0.369 e. The third kappa shape index (κ3) is 5.29. The molecule has 2 N–H and O–H groups in total. The molecule has 0 saturated heterocycles. The van der Waals surface area contributed by atoms with Crippen molar-refractivity contribution in [3.05, 3.63) is 60.2 Å². The van der Waals surface area contributed by atoms with Crippen LogP contribution in [0.3, 0.4) is 0 Å². The molecule has 154 valence electrons. The molecule has 0 amide bonds. The van der Waals surface area contributed by atoms with E-state index in [-0.39, 0.29) is 13.1 Å². The zero-order valence-corrected chi connectivity index (χ0v) is 16.0. The predicted molar refractivity (Wildman–Crippen MR) is 99.0 cm³/mol. The van der Waals surface area contributed by atoms with Crippen LogP contribution < -0.4 is 10.0 Å². The molecule has 0 aliphatic rings. The third-order valence-electron chi connectivity index (χ3n) is 3.76. The maximum Gasteiger partial charge on any atom is 0.416 e. The summed E-state index contributed by atoms with van der Waals surface area (Å²) in [5.41, 5.74) is -1.03. The summed E-state index contributed by atoms with van der Waals surface area (Å²) < 4.78 is 66.6. The van der Waals surface area contributed by atoms with E-state index in [9.17, 15) is 21.6 Å². The fourth-order valence-electron chi connectivity index (χ4n) is 2.46. The Kier molecular flexibility index (Phi) is 5.84. The molecule has 1 aromatic carbocycles. The Bertz CT molecular complexity index is 1080. The van der Waals surface area contributed by atoms with Gasteiger partial charge >= 0.3 is 6.18 Å². The summed E-state index contributed by atoms with van der Waals surface area (Å²) in [5, 5.41) is 7.03. The van der Waals surface area contributed by atoms with Crippen molar-refractivity contribution in [2.24, 2.45) is 0 Å². The van der Waals surface area contributed by atoms with Crippen molar-refractivity contribution < 1.29 is 21.6 Å². The van der Waals surface area contributed by atoms with Crippen LogP contribution in [-0.4, -0.2) is 41.3 Å². The molecule has 3 aromatic rings. The number of halogens is 3. The smallest absolute Gasteiger partial charge is 0.369 e. The van der Waals surface area contributed by atoms with Gasteiger partial charge in [0.2, 0.25) is 10.0 Å². The molecule has 0 radical (unpaired) electrons. The normalized spacial score (nSPS) is 12.1. The van der Waals surface area contributed by atoms with Gasteiger partial charge in [0.25, 0.3) is 0 Å². The fraction of sp³-hybridized carbons (Fsp3) is 0.235. The van der Waals surface area contributed by atoms with Crippen molar-refractivity contribution in [3.8, 4) is 5.82 Å². The number of hydrogen-bond donors (Lipinski definition) is 2. The second-order valence-electron chi connectivity index (χ2n) is 5.96. The van der Waals surface area contributed by atoms with Crippen LogP contribution in [0, 0.1) is 6.92 Å². The summed E-state index contributed by atoms with van der Waals surface area (Å²) in [6.07, 6.45) is -1.30. The van der Waals surface area contributed by atoms with Crippen LogP contribution in [0.2, 0.25) is 0 Å². The number of nitrogens with one attached hydrogen (secondary N) is 2. The number of alkyl halides is 3. The lowest BCUT2D eigenvalue weighted by atomic mass is 10.2. The molecule has 3 rings (SSSR count). The molecule has 8 nitrogen and oxygen atoms in total. The van der Waals surface area contributed by atoms with Gasteiger partial charge in [-0.2, -0.15) is 18.3 Å². The molecule has 0 fully saturated rings. The number of rotatable bonds is 7. The monoisotopic (exact) mass is 426 g/mol. The molecule has 2 aromatic heterocycles. The predicted octanol–water partition coefficient (Wildman–Crippen LogP) is 2.38. The van der Waals surface area contributed by atoms with Crippen LogP contribution in [0.4, 0.5) is 19.0 Å². The molecule has 2 heterocycles. The maximum absolute atomic E-state index is 12.8. The Hall–Kier alpha value is -2.99. The van der Waals surface area contributed by atoms with E-state index in [0.29, 0.717) is 23.5 Å². The first kappa shape index (κ1) is 20.7. The van der Waals surface area contributed by atoms with Crippen molar-refractivity contribution in [3.63, 3.8) is 0 Å². The second-order valence-corrected chi connectivity index (χ2v) is 7.73. The highest BCUT2D eigenvalue weighted by molar-refractivity contribution is 7.89. The zero-order chi connectivity index (χ0) is 21.1. The molecular weight excluding hydrogens is 409 g/mol. The maximum atomic E-state index is 12.8. The Morgan fingerprint density at radius 2 is 1.90 bits per heavy atom. The van der Waals surface area contributed by atoms with Crippen LogP contribution in [0.15, 0.2) is 53.7 Å². The van der Waals surface area contributed by atoms with Gasteiger partial charge in [0.1, 0.15) is 11.6 Å². The number of aromatic nitrogens is 4. The van der Waals surface area contributed by atoms with Crippen molar-refractivity contribution in [2.75, 3.05) is 18.4 Å². The summed E-state index contributed by atoms with van der Waals surface area (Å²) in [4.78, 5) is 8.01. The van der Waals surface area contributed by atoms with Gasteiger partial charge in [-0.25, -0.2) is 27.8 Å². The molecule has 12 heteroatoms. The van der Waals surface area contributed by atoms with E-state index in [4.69, 9.17) is 0 Å². The molecular formula is C17H17F3N6O2S. The van der Waals surface area contributed by atoms with Crippen LogP contribution in [-0.2, 0) is 16.2 Å². The highest BCUT2D eigenvalue weighted by Gasteiger charge is 2.31. The van der Waals surface area contributed by atoms with E-state index in [1.165, 1.54) is 0 Å². The molecule has 29 heavy (non-hydrogen) atoms. The van der Waals surface area contributed by atoms with Gasteiger partial charge in [-0.15, -0.1) is 0 Å². The van der Waals surface area contributed by atoms with Crippen LogP contribution >= 0.6 is 0 Å². The SMILES string of the molecule is Cc1nc(NCCNS(=O)(=O)c2cccc(C(F)(F)F)c2)cc(-n2cccn2)n1. The largest absolute Gasteiger partial charge is 0.416 e. The van der Waals surface area contributed by atoms with Gasteiger partial charge in [0.05, 0.1) is 10.5 Å². The molecule has 0 atom stereocenters. The molecule has 0 saturated carbocycles. The topological polar surface area (TPSA) is 102 Å². The van der Waals surface area contributed by atoms with Gasteiger partial charge < -0.3 is 5.32 Å². The van der Waals surface area contributed by atoms with E-state index in [2.05, 4.69) is 25.1 Å². The Balaban J connectivity index is 1.62. The van der Waals surface area contributed by atoms with Gasteiger partial charge in [-0.3, -0.25) is 0 Å². The molecule has 0 unspecified atom stereocenters. The summed E-state index contributed by atoms with van der Waals surface area (Å²) in [6.45, 7) is 1.81. The summed E-state index contributed by atoms with van der Waals surface area (Å²) >= 11 is 0. The van der Waals surface area contributed by atoms with Gasteiger partial charge in [0, 0.05) is 31.5 Å². The van der Waals surface area contributed by atoms with Crippen molar-refractivity contribution >= 4 is 15.8 Å². The highest BCUT2D eigenvalue weighted by Crippen LogP contribution is 2.30. The summed E-state index contributed by atoms with van der Waals surface area (Å²) in [7, 11) is -4.09. The first-order valence-electron chi connectivity index (χ1n) is 8.42. The standard InChI is InChI=1S/C17H17F3N6O2S/c1-12-24-15(11-16(25-12)26-9-3-6-22-26)21-7-8-23-29(27,28)14-5-2-4-13(10-14)17(18,19)20/h2-6,9-11,23H,7-8H2,1H3,(H,21,24,25). The first-order chi connectivity index (χ1) is 13.6. The van der Waals surface area contributed by atoms with E-state index >= 15 is 0 Å². The summed E-state index contributed by atoms with van der Waals surface area (Å²) in [5.74, 6) is 1.49. The molecule has 0 bridgehead atoms. The van der Waals surface area contributed by atoms with Crippen LogP contribution in [0.25, 0.3) is 5.82 Å². The molecule has 0 aliphatic carbocycles. The quantitative estimate of drug-likeness (QED) is 0.563. The van der Waals surface area contributed by atoms with Crippen molar-refractivity contribution in [1.82, 2.24) is 24.5 Å². The van der Waals surface area contributed by atoms with Gasteiger partial charge in [0.15, 0.2) is 5.82 Å². The Morgan fingerprint density at radius 1 is 1.10 bits per heavy atom. The zero-order valence-electron chi connectivity index (χ0n) is 15.2. The molecule has 0 aliphatic heterocycles. The number of anilines is 1. The lowest BCUT2D eigenvalue weighted by Crippen LogP contribution is -2.29. The number of hydrogen-bond acceptors (Lipinski definition) is 6. The van der Waals surface area contributed by atoms with Crippen LogP contribution in [0.5, 0.6) is 0 Å². The number of benzene rings is 1. The second kappa shape index (κ2) is 8.17. The number of sulfonamides is 1. The summed E-state index contributed by atoms with van der Waals surface area (Å²) in [6, 6.07) is 6.95. The Morgan fingerprint density at radius 3 is 2.59 bits per heavy atom. The minimum atomic E-state index is -4.62. The number of aryl methyl sites for hydroxylation is 1. The van der Waals surface area contributed by atoms with Crippen molar-refractivity contribution in [2.45, 2.75) is 18.0 Å². The fourth-order valence-corrected chi connectivity index (χ4v) is 3.54. The van der Waals surface area contributed by atoms with E-state index in [1.807, 2.05) is 0 Å². The highest BCUT2D eigenvalue weighted by atomic mass is 32.2. The molecule has 0 spiro atoms. The van der Waals surface area contributed by atoms with E-state index in [0.717, 1.165) is 18.2 Å². The van der Waals surface area contributed by atoms with Crippen LogP contribution in [0.1, 0.15) is 11.4 Å². The van der Waals surface area contributed by atoms with Gasteiger partial charge in [-0.05, 0) is 31.2 Å². The average molecular weight is 426 g/mol. The lowest BCUT2D eigenvalue weighted by molar-refractivity contribution is -0.137. The lowest BCUT2D eigenvalue weighted by Gasteiger charge is -2.11. The van der Waals surface area contributed by atoms with E-state index in [1.54, 1.807) is 36.1 Å². The van der Waals surface area contributed by atoms with Crippen molar-refractivity contribution in [1.29, 1.82) is 0 Å². The number of nitrogens with zero attached hydrogens (tertiary/aromatic N) is 4. The third-order valence-corrected chi connectivity index (χ3v) is 5.22.